The van der Waals surface area contributed by atoms with Gasteiger partial charge in [0.05, 0.1) is 11.8 Å². The highest BCUT2D eigenvalue weighted by molar-refractivity contribution is 6.06. The first kappa shape index (κ1) is 18.3. The minimum atomic E-state index is -0.112. The number of rotatable bonds is 3. The summed E-state index contributed by atoms with van der Waals surface area (Å²) in [6, 6.07) is 7.80. The second kappa shape index (κ2) is 6.53. The first-order chi connectivity index (χ1) is 14.5. The molecule has 156 valence electrons. The van der Waals surface area contributed by atoms with Gasteiger partial charge in [-0.25, -0.2) is 0 Å². The molecular weight excluding hydrogens is 376 g/mol. The molecule has 2 bridgehead atoms. The molecule has 5 aliphatic carbocycles. The Morgan fingerprint density at radius 1 is 0.900 bits per heavy atom. The molecule has 0 unspecified atom stereocenters. The van der Waals surface area contributed by atoms with E-state index in [1.165, 1.54) is 6.42 Å². The standard InChI is InChI=1S/C25H28N2O3/c1-13-2-6-15(7-3-13)26-23(28)14-4-8-16(9-5-14)27-24(29)21-17-10-11-18(20-12-19(17)20)22(21)25(27)30/h2-3,6-7,10-11,14,16-22H,4-5,8-9,12H2,1H3,(H,26,28)/t14?,16?,17-,18-,19-,20+,21+,22+/m0/s1. The van der Waals surface area contributed by atoms with Crippen LogP contribution in [0.3, 0.4) is 0 Å². The van der Waals surface area contributed by atoms with Crippen LogP contribution in [0.5, 0.6) is 0 Å². The van der Waals surface area contributed by atoms with Gasteiger partial charge in [-0.1, -0.05) is 29.8 Å². The van der Waals surface area contributed by atoms with E-state index in [4.69, 9.17) is 0 Å². The second-order valence-electron chi connectivity index (χ2n) is 10.1. The summed E-state index contributed by atoms with van der Waals surface area (Å²) in [5.74, 6) is 1.75. The summed E-state index contributed by atoms with van der Waals surface area (Å²) in [6.45, 7) is 2.02. The smallest absolute Gasteiger partial charge is 0.233 e. The number of benzene rings is 1. The third-order valence-electron chi connectivity index (χ3n) is 8.45. The average molecular weight is 405 g/mol. The number of imide groups is 1. The number of nitrogens with one attached hydrogen (secondary N) is 1. The van der Waals surface area contributed by atoms with Crippen LogP contribution in [0.25, 0.3) is 0 Å². The predicted octanol–water partition coefficient (Wildman–Crippen LogP) is 3.55. The lowest BCUT2D eigenvalue weighted by atomic mass is 9.63. The van der Waals surface area contributed by atoms with Crippen LogP contribution in [0.15, 0.2) is 36.4 Å². The second-order valence-corrected chi connectivity index (χ2v) is 10.1. The van der Waals surface area contributed by atoms with E-state index in [2.05, 4.69) is 17.5 Å². The van der Waals surface area contributed by atoms with Gasteiger partial charge in [-0.05, 0) is 74.8 Å². The Hall–Kier alpha value is -2.43. The van der Waals surface area contributed by atoms with Gasteiger partial charge >= 0.3 is 0 Å². The molecule has 5 nitrogen and oxygen atoms in total. The summed E-state index contributed by atoms with van der Waals surface area (Å²) in [4.78, 5) is 40.9. The Bertz CT molecular complexity index is 908. The largest absolute Gasteiger partial charge is 0.326 e. The van der Waals surface area contributed by atoms with Gasteiger partial charge in [-0.15, -0.1) is 0 Å². The fourth-order valence-electron chi connectivity index (χ4n) is 6.82. The molecule has 1 aromatic carbocycles. The summed E-state index contributed by atoms with van der Waals surface area (Å²) in [7, 11) is 0. The number of hydrogen-bond acceptors (Lipinski definition) is 3. The molecule has 1 aliphatic heterocycles. The summed E-state index contributed by atoms with van der Waals surface area (Å²) >= 11 is 0. The Labute approximate surface area is 176 Å². The van der Waals surface area contributed by atoms with Crippen molar-refractivity contribution in [3.8, 4) is 0 Å². The molecule has 3 amide bonds. The molecule has 0 spiro atoms. The number of amides is 3. The Kier molecular flexibility index (Phi) is 4.00. The molecule has 1 saturated heterocycles. The summed E-state index contributed by atoms with van der Waals surface area (Å²) in [5.41, 5.74) is 1.98. The molecule has 1 aromatic rings. The van der Waals surface area contributed by atoms with E-state index in [1.54, 1.807) is 4.90 Å². The predicted molar refractivity (Wildman–Crippen MR) is 112 cm³/mol. The van der Waals surface area contributed by atoms with Crippen molar-refractivity contribution in [1.82, 2.24) is 4.90 Å². The third kappa shape index (κ3) is 2.63. The molecule has 5 heteroatoms. The van der Waals surface area contributed by atoms with Crippen molar-refractivity contribution >= 4 is 23.4 Å². The van der Waals surface area contributed by atoms with Gasteiger partial charge in [0.1, 0.15) is 0 Å². The number of carbonyl (C=O) groups is 3. The normalized spacial score (nSPS) is 40.9. The van der Waals surface area contributed by atoms with Gasteiger partial charge in [0, 0.05) is 17.6 Å². The quantitative estimate of drug-likeness (QED) is 0.619. The highest BCUT2D eigenvalue weighted by Crippen LogP contribution is 2.65. The maximum Gasteiger partial charge on any atom is 0.233 e. The Morgan fingerprint density at radius 2 is 1.47 bits per heavy atom. The zero-order valence-corrected chi connectivity index (χ0v) is 17.3. The van der Waals surface area contributed by atoms with Crippen LogP contribution in [0, 0.1) is 48.3 Å². The first-order valence-electron chi connectivity index (χ1n) is 11.5. The van der Waals surface area contributed by atoms with Crippen molar-refractivity contribution in [1.29, 1.82) is 0 Å². The van der Waals surface area contributed by atoms with Crippen molar-refractivity contribution in [2.75, 3.05) is 5.32 Å². The fraction of sp³-hybridized carbons (Fsp3) is 0.560. The van der Waals surface area contributed by atoms with Crippen LogP contribution < -0.4 is 5.32 Å². The number of hydrogen-bond donors (Lipinski definition) is 1. The van der Waals surface area contributed by atoms with Gasteiger partial charge in [0.2, 0.25) is 17.7 Å². The molecule has 0 aromatic heterocycles. The maximum atomic E-state index is 13.3. The zero-order valence-electron chi connectivity index (χ0n) is 17.3. The summed E-state index contributed by atoms with van der Waals surface area (Å²) in [5, 5.41) is 3.02. The fourth-order valence-corrected chi connectivity index (χ4v) is 6.82. The van der Waals surface area contributed by atoms with Crippen LogP contribution in [0.2, 0.25) is 0 Å². The summed E-state index contributed by atoms with van der Waals surface area (Å²) < 4.78 is 0. The number of aryl methyl sites for hydroxylation is 1. The van der Waals surface area contributed by atoms with E-state index in [9.17, 15) is 14.4 Å². The maximum absolute atomic E-state index is 13.3. The number of carbonyl (C=O) groups excluding carboxylic acids is 3. The van der Waals surface area contributed by atoms with E-state index in [-0.39, 0.29) is 53.4 Å². The molecule has 3 saturated carbocycles. The van der Waals surface area contributed by atoms with Crippen LogP contribution in [-0.2, 0) is 14.4 Å². The van der Waals surface area contributed by atoms with E-state index in [1.807, 2.05) is 31.2 Å². The van der Waals surface area contributed by atoms with Crippen LogP contribution in [0.4, 0.5) is 5.69 Å². The number of anilines is 1. The monoisotopic (exact) mass is 404 g/mol. The van der Waals surface area contributed by atoms with Crippen molar-refractivity contribution in [2.24, 2.45) is 41.4 Å². The molecule has 7 rings (SSSR count). The van der Waals surface area contributed by atoms with Gasteiger partial charge in [-0.3, -0.25) is 19.3 Å². The van der Waals surface area contributed by atoms with E-state index < -0.39 is 0 Å². The molecule has 6 atom stereocenters. The van der Waals surface area contributed by atoms with E-state index in [0.717, 1.165) is 36.9 Å². The zero-order chi connectivity index (χ0) is 20.6. The number of likely N-dealkylation sites (tertiary alicyclic amines) is 1. The highest BCUT2D eigenvalue weighted by atomic mass is 16.2. The lowest BCUT2D eigenvalue weighted by molar-refractivity contribution is -0.144. The summed E-state index contributed by atoms with van der Waals surface area (Å²) in [6.07, 6.45) is 8.56. The minimum absolute atomic E-state index is 0.0326. The van der Waals surface area contributed by atoms with Crippen molar-refractivity contribution in [3.63, 3.8) is 0 Å². The molecule has 0 radical (unpaired) electrons. The van der Waals surface area contributed by atoms with Crippen LogP contribution in [-0.4, -0.2) is 28.7 Å². The molecule has 1 N–H and O–H groups in total. The van der Waals surface area contributed by atoms with Crippen molar-refractivity contribution < 1.29 is 14.4 Å². The Balaban J connectivity index is 1.11. The number of nitrogens with zero attached hydrogens (tertiary/aromatic N) is 1. The SMILES string of the molecule is Cc1ccc(NC(=O)C2CCC(N3C(=O)[C@@H]4[C@H]5C=C[C@@H]([C@@H]6C[C@H]56)[C@H]4C3=O)CC2)cc1. The van der Waals surface area contributed by atoms with Gasteiger partial charge < -0.3 is 5.32 Å². The van der Waals surface area contributed by atoms with Crippen LogP contribution in [0.1, 0.15) is 37.7 Å². The molecule has 6 aliphatic rings. The molecule has 1 heterocycles. The van der Waals surface area contributed by atoms with E-state index >= 15 is 0 Å². The minimum Gasteiger partial charge on any atom is -0.326 e. The van der Waals surface area contributed by atoms with Gasteiger partial charge in [-0.2, -0.15) is 0 Å². The van der Waals surface area contributed by atoms with Gasteiger partial charge in [0.15, 0.2) is 0 Å². The Morgan fingerprint density at radius 3 is 2.03 bits per heavy atom. The first-order valence-corrected chi connectivity index (χ1v) is 11.5. The van der Waals surface area contributed by atoms with Gasteiger partial charge in [0.25, 0.3) is 0 Å². The molecule has 30 heavy (non-hydrogen) atoms. The lowest BCUT2D eigenvalue weighted by Crippen LogP contribution is -2.44. The lowest BCUT2D eigenvalue weighted by Gasteiger charge is -2.37. The average Bonchev–Trinajstić information content (AvgIpc) is 3.53. The number of allylic oxidation sites excluding steroid dienone is 2. The van der Waals surface area contributed by atoms with E-state index in [0.29, 0.717) is 11.8 Å². The topological polar surface area (TPSA) is 66.5 Å². The molecular formula is C25H28N2O3. The van der Waals surface area contributed by atoms with Crippen molar-refractivity contribution in [2.45, 2.75) is 45.1 Å². The molecule has 4 fully saturated rings. The highest BCUT2D eigenvalue weighted by Gasteiger charge is 2.67. The van der Waals surface area contributed by atoms with Crippen molar-refractivity contribution in [3.05, 3.63) is 42.0 Å². The van der Waals surface area contributed by atoms with Crippen LogP contribution >= 0.6 is 0 Å². The third-order valence-corrected chi connectivity index (χ3v) is 8.45.